The molecule has 0 saturated carbocycles. The molecule has 0 fully saturated rings. The van der Waals surface area contributed by atoms with E-state index in [0.29, 0.717) is 0 Å². The largest absolute Gasteiger partial charge is 0.309 e. The molecule has 0 atom stereocenters. The van der Waals surface area contributed by atoms with Crippen molar-refractivity contribution in [3.63, 3.8) is 0 Å². The molecule has 0 unspecified atom stereocenters. The molecule has 0 N–H and O–H groups in total. The molecule has 8 aromatic rings. The van der Waals surface area contributed by atoms with Gasteiger partial charge in [-0.3, -0.25) is 0 Å². The van der Waals surface area contributed by atoms with Crippen molar-refractivity contribution >= 4 is 55.0 Å². The highest BCUT2D eigenvalue weighted by Gasteiger charge is 2.22. The van der Waals surface area contributed by atoms with Crippen LogP contribution in [0.25, 0.3) is 83.3 Å². The van der Waals surface area contributed by atoms with Crippen molar-refractivity contribution in [1.82, 2.24) is 14.5 Å². The third-order valence-electron chi connectivity index (χ3n) is 10.3. The first-order valence-corrected chi connectivity index (χ1v) is 17.3. The van der Waals surface area contributed by atoms with Crippen LogP contribution in [0.5, 0.6) is 0 Å². The van der Waals surface area contributed by atoms with E-state index in [-0.39, 0.29) is 0 Å². The van der Waals surface area contributed by atoms with Gasteiger partial charge in [0.2, 0.25) is 0 Å². The molecule has 0 saturated heterocycles. The molecule has 2 aliphatic carbocycles. The SMILES string of the molecule is C1=CCCC(c2cc(-c3ccccc3)nc(-c3cc4c(c(-n5c6ccc7ccccc7c6c6c7ccccc7ccc65)c3)CCC=C4)n2)=C1. The topological polar surface area (TPSA) is 30.7 Å². The highest BCUT2D eigenvalue weighted by atomic mass is 15.0. The van der Waals surface area contributed by atoms with Crippen molar-refractivity contribution in [1.29, 1.82) is 0 Å². The van der Waals surface area contributed by atoms with Crippen molar-refractivity contribution < 1.29 is 0 Å². The molecule has 3 heteroatoms. The summed E-state index contributed by atoms with van der Waals surface area (Å²) in [4.78, 5) is 10.5. The van der Waals surface area contributed by atoms with Crippen molar-refractivity contribution in [2.75, 3.05) is 0 Å². The summed E-state index contributed by atoms with van der Waals surface area (Å²) in [6, 6.07) is 44.1. The Labute approximate surface area is 285 Å². The number of hydrogen-bond acceptors (Lipinski definition) is 2. The average Bonchev–Trinajstić information content (AvgIpc) is 3.53. The maximum Gasteiger partial charge on any atom is 0.160 e. The highest BCUT2D eigenvalue weighted by molar-refractivity contribution is 6.28. The molecule has 10 rings (SSSR count). The minimum Gasteiger partial charge on any atom is -0.309 e. The van der Waals surface area contributed by atoms with E-state index in [0.717, 1.165) is 54.0 Å². The number of allylic oxidation sites excluding steroid dienone is 5. The second-order valence-electron chi connectivity index (χ2n) is 13.2. The zero-order valence-corrected chi connectivity index (χ0v) is 27.1. The van der Waals surface area contributed by atoms with Gasteiger partial charge in [0.05, 0.1) is 28.1 Å². The predicted molar refractivity (Wildman–Crippen MR) is 206 cm³/mol. The van der Waals surface area contributed by atoms with Crippen molar-refractivity contribution in [3.05, 3.63) is 162 Å². The second kappa shape index (κ2) is 11.3. The number of hydrogen-bond donors (Lipinski definition) is 0. The minimum absolute atomic E-state index is 0.756. The summed E-state index contributed by atoms with van der Waals surface area (Å²) in [6.07, 6.45) is 15.2. The van der Waals surface area contributed by atoms with Gasteiger partial charge in [-0.25, -0.2) is 9.97 Å². The standard InChI is InChI=1S/C46H33N3/c1-3-15-32(16-4-1)39-29-40(33-17-5-2-6-18-33)48-46(47-39)35-27-34-19-9-10-20-36(34)43(28-35)49-41-25-23-30-13-7-11-21-37(30)44(41)45-38-22-12-8-14-31(38)24-26-42(45)49/h1-5,7-9,11-17,19,21-29H,6,10,18,20H2. The Balaban J connectivity index is 1.29. The first-order valence-electron chi connectivity index (χ1n) is 17.3. The van der Waals surface area contributed by atoms with Crippen LogP contribution in [0, 0.1) is 0 Å². The van der Waals surface area contributed by atoms with Crippen molar-refractivity contribution in [2.24, 2.45) is 0 Å². The van der Waals surface area contributed by atoms with E-state index in [1.807, 2.05) is 0 Å². The molecule has 2 heterocycles. The van der Waals surface area contributed by atoms with Crippen molar-refractivity contribution in [3.8, 4) is 28.3 Å². The number of fused-ring (bicyclic) bond motifs is 8. The van der Waals surface area contributed by atoms with Crippen LogP contribution in [0.2, 0.25) is 0 Å². The molecule has 0 radical (unpaired) electrons. The summed E-state index contributed by atoms with van der Waals surface area (Å²) in [7, 11) is 0. The first-order chi connectivity index (χ1) is 24.3. The zero-order chi connectivity index (χ0) is 32.3. The van der Waals surface area contributed by atoms with Gasteiger partial charge in [-0.2, -0.15) is 0 Å². The van der Waals surface area contributed by atoms with Crippen LogP contribution in [0.15, 0.2) is 146 Å². The molecule has 2 aromatic heterocycles. The van der Waals surface area contributed by atoms with E-state index >= 15 is 0 Å². The summed E-state index contributed by atoms with van der Waals surface area (Å²) < 4.78 is 2.52. The number of aromatic nitrogens is 3. The van der Waals surface area contributed by atoms with E-state index in [9.17, 15) is 0 Å². The predicted octanol–water partition coefficient (Wildman–Crippen LogP) is 11.9. The lowest BCUT2D eigenvalue weighted by Gasteiger charge is -2.20. The Morgan fingerprint density at radius 3 is 1.94 bits per heavy atom. The quantitative estimate of drug-likeness (QED) is 0.194. The number of rotatable bonds is 4. The molecular formula is C46H33N3. The smallest absolute Gasteiger partial charge is 0.160 e. The van der Waals surface area contributed by atoms with Gasteiger partial charge in [0.1, 0.15) is 0 Å². The van der Waals surface area contributed by atoms with E-state index in [4.69, 9.17) is 9.97 Å². The minimum atomic E-state index is 0.756. The zero-order valence-electron chi connectivity index (χ0n) is 27.1. The van der Waals surface area contributed by atoms with Gasteiger partial charge < -0.3 is 4.57 Å². The normalized spacial score (nSPS) is 14.2. The fourth-order valence-electron chi connectivity index (χ4n) is 7.99. The van der Waals surface area contributed by atoms with E-state index in [1.165, 1.54) is 65.7 Å². The van der Waals surface area contributed by atoms with Crippen LogP contribution < -0.4 is 0 Å². The van der Waals surface area contributed by atoms with E-state index in [1.54, 1.807) is 0 Å². The van der Waals surface area contributed by atoms with Crippen LogP contribution in [0.3, 0.4) is 0 Å². The molecule has 0 bridgehead atoms. The van der Waals surface area contributed by atoms with Crippen LogP contribution in [-0.4, -0.2) is 14.5 Å². The monoisotopic (exact) mass is 627 g/mol. The van der Waals surface area contributed by atoms with E-state index < -0.39 is 0 Å². The maximum absolute atomic E-state index is 5.28. The molecule has 2 aliphatic rings. The molecule has 0 aliphatic heterocycles. The van der Waals surface area contributed by atoms with Gasteiger partial charge in [0.25, 0.3) is 0 Å². The van der Waals surface area contributed by atoms with E-state index in [2.05, 4.69) is 156 Å². The van der Waals surface area contributed by atoms with Gasteiger partial charge in [-0.15, -0.1) is 0 Å². The summed E-state index contributed by atoms with van der Waals surface area (Å²) in [5.41, 5.74) is 11.6. The van der Waals surface area contributed by atoms with Gasteiger partial charge in [-0.05, 0) is 94.3 Å². The summed E-state index contributed by atoms with van der Waals surface area (Å²) in [5, 5.41) is 7.68. The lowest BCUT2D eigenvalue weighted by atomic mass is 9.92. The van der Waals surface area contributed by atoms with Crippen LogP contribution in [0.4, 0.5) is 0 Å². The van der Waals surface area contributed by atoms with Gasteiger partial charge in [0, 0.05) is 21.9 Å². The summed E-state index contributed by atoms with van der Waals surface area (Å²) >= 11 is 0. The Kier molecular flexibility index (Phi) is 6.45. The average molecular weight is 628 g/mol. The fourth-order valence-corrected chi connectivity index (χ4v) is 7.99. The first kappa shape index (κ1) is 28.0. The van der Waals surface area contributed by atoms with Crippen LogP contribution in [-0.2, 0) is 6.42 Å². The summed E-state index contributed by atoms with van der Waals surface area (Å²) in [5.74, 6) is 0.756. The Hall–Kier alpha value is -6.06. The second-order valence-corrected chi connectivity index (χ2v) is 13.2. The molecule has 232 valence electrons. The highest BCUT2D eigenvalue weighted by Crippen LogP contribution is 2.43. The van der Waals surface area contributed by atoms with Gasteiger partial charge in [-0.1, -0.05) is 121 Å². The molecule has 6 aromatic carbocycles. The fraction of sp³-hybridized carbons (Fsp3) is 0.0870. The van der Waals surface area contributed by atoms with Gasteiger partial charge in [0.15, 0.2) is 5.82 Å². The lowest BCUT2D eigenvalue weighted by molar-refractivity contribution is 0.960. The number of nitrogens with zero attached hydrogens (tertiary/aromatic N) is 3. The Morgan fingerprint density at radius 1 is 0.551 bits per heavy atom. The Morgan fingerprint density at radius 2 is 1.22 bits per heavy atom. The van der Waals surface area contributed by atoms with Crippen LogP contribution in [0.1, 0.15) is 36.1 Å². The molecule has 0 amide bonds. The molecular weight excluding hydrogens is 595 g/mol. The number of benzene rings is 6. The lowest BCUT2D eigenvalue weighted by Crippen LogP contribution is -2.06. The Bertz CT molecular complexity index is 2610. The molecule has 49 heavy (non-hydrogen) atoms. The third-order valence-corrected chi connectivity index (χ3v) is 10.3. The molecule has 3 nitrogen and oxygen atoms in total. The third kappa shape index (κ3) is 4.57. The van der Waals surface area contributed by atoms with Crippen molar-refractivity contribution in [2.45, 2.75) is 25.7 Å². The molecule has 0 spiro atoms. The van der Waals surface area contributed by atoms with Crippen LogP contribution >= 0.6 is 0 Å². The maximum atomic E-state index is 5.28. The summed E-state index contributed by atoms with van der Waals surface area (Å²) in [6.45, 7) is 0. The van der Waals surface area contributed by atoms with Gasteiger partial charge >= 0.3 is 0 Å².